The fraction of sp³-hybridized carbons (Fsp3) is 0.483. The summed E-state index contributed by atoms with van der Waals surface area (Å²) >= 11 is 0. The number of nitrogens with zero attached hydrogens (tertiary/aromatic N) is 1. The van der Waals surface area contributed by atoms with Crippen LogP contribution in [0, 0.1) is 22.9 Å². The van der Waals surface area contributed by atoms with Crippen molar-refractivity contribution in [3.8, 4) is 5.75 Å². The number of hydrogen-bond acceptors (Lipinski definition) is 4. The van der Waals surface area contributed by atoms with E-state index in [0.29, 0.717) is 42.7 Å². The van der Waals surface area contributed by atoms with E-state index in [2.05, 4.69) is 10.3 Å². The van der Waals surface area contributed by atoms with Crippen molar-refractivity contribution in [1.82, 2.24) is 10.3 Å². The number of rotatable bonds is 11. The van der Waals surface area contributed by atoms with Gasteiger partial charge in [0.2, 0.25) is 0 Å². The van der Waals surface area contributed by atoms with Gasteiger partial charge in [-0.05, 0) is 93.6 Å². The zero-order valence-corrected chi connectivity index (χ0v) is 21.1. The van der Waals surface area contributed by atoms with Gasteiger partial charge in [0.15, 0.2) is 0 Å². The van der Waals surface area contributed by atoms with Gasteiger partial charge in [-0.2, -0.15) is 0 Å². The number of aliphatic hydroxyl groups is 1. The maximum absolute atomic E-state index is 14.0. The number of aryl methyl sites for hydroxylation is 1. The Morgan fingerprint density at radius 1 is 1.03 bits per heavy atom. The van der Waals surface area contributed by atoms with Crippen molar-refractivity contribution < 1.29 is 27.4 Å². The van der Waals surface area contributed by atoms with E-state index >= 15 is 0 Å². The first kappa shape index (κ1) is 27.3. The molecule has 1 aliphatic heterocycles. The molecule has 1 aliphatic rings. The molecular weight excluding hydrogens is 484 g/mol. The normalized spacial score (nSPS) is 16.2. The zero-order chi connectivity index (χ0) is 26.4. The van der Waals surface area contributed by atoms with E-state index in [1.165, 1.54) is 0 Å². The average Bonchev–Trinajstić information content (AvgIpc) is 2.90. The molecule has 0 amide bonds. The van der Waals surface area contributed by atoms with E-state index in [0.717, 1.165) is 55.2 Å². The van der Waals surface area contributed by atoms with Crippen LogP contribution in [0.2, 0.25) is 0 Å². The quantitative estimate of drug-likeness (QED) is 0.297. The van der Waals surface area contributed by atoms with Crippen molar-refractivity contribution in [2.45, 2.75) is 64.1 Å². The minimum absolute atomic E-state index is 0.0913. The monoisotopic (exact) mass is 518 g/mol. The molecule has 2 heterocycles. The summed E-state index contributed by atoms with van der Waals surface area (Å²) in [5, 5.41) is 15.5. The molecule has 2 aromatic carbocycles. The molecule has 37 heavy (non-hydrogen) atoms. The van der Waals surface area contributed by atoms with Crippen molar-refractivity contribution in [1.29, 1.82) is 0 Å². The summed E-state index contributed by atoms with van der Waals surface area (Å²) in [7, 11) is 1.59. The molecule has 0 saturated carbocycles. The summed E-state index contributed by atoms with van der Waals surface area (Å²) in [5.41, 5.74) is 1.77. The fourth-order valence-electron chi connectivity index (χ4n) is 5.69. The highest BCUT2D eigenvalue weighted by Gasteiger charge is 2.38. The molecule has 1 fully saturated rings. The van der Waals surface area contributed by atoms with Crippen LogP contribution in [-0.2, 0) is 19.5 Å². The third kappa shape index (κ3) is 6.24. The molecule has 1 saturated heterocycles. The number of pyridine rings is 1. The minimum Gasteiger partial charge on any atom is -0.497 e. The molecule has 4 rings (SSSR count). The Bertz CT molecular complexity index is 1190. The van der Waals surface area contributed by atoms with Crippen LogP contribution in [0.25, 0.3) is 10.9 Å². The third-order valence-electron chi connectivity index (χ3n) is 7.84. The van der Waals surface area contributed by atoms with E-state index in [1.54, 1.807) is 13.3 Å². The predicted molar refractivity (Wildman–Crippen MR) is 136 cm³/mol. The Balaban J connectivity index is 1.45. The molecule has 8 heteroatoms. The lowest BCUT2D eigenvalue weighted by molar-refractivity contribution is -0.0132. The topological polar surface area (TPSA) is 54.4 Å². The second kappa shape index (κ2) is 12.2. The molecule has 200 valence electrons. The zero-order valence-electron chi connectivity index (χ0n) is 21.1. The van der Waals surface area contributed by atoms with Gasteiger partial charge in [0.1, 0.15) is 29.9 Å². The van der Waals surface area contributed by atoms with Gasteiger partial charge in [-0.25, -0.2) is 17.6 Å². The van der Waals surface area contributed by atoms with E-state index in [1.807, 2.05) is 18.2 Å². The standard InChI is InChI=1S/C29H34F4N2O2/c1-37-21-7-8-27-24(16-21)22(19(17-30)18-35-27)5-3-9-29(10-12-34-13-11-29)28(36)6-2-4-23-25(32)14-20(31)15-26(23)33/h7-8,14-16,18,28,34,36H,2-6,9-13,17H2,1H3. The first-order valence-corrected chi connectivity index (χ1v) is 12.9. The van der Waals surface area contributed by atoms with Gasteiger partial charge in [0.25, 0.3) is 0 Å². The number of ether oxygens (including phenoxy) is 1. The van der Waals surface area contributed by atoms with Gasteiger partial charge in [0.05, 0.1) is 18.7 Å². The number of piperidine rings is 1. The Kier molecular flexibility index (Phi) is 9.03. The summed E-state index contributed by atoms with van der Waals surface area (Å²) in [6.07, 6.45) is 5.52. The Morgan fingerprint density at radius 2 is 1.73 bits per heavy atom. The second-order valence-electron chi connectivity index (χ2n) is 10.0. The van der Waals surface area contributed by atoms with E-state index in [4.69, 9.17) is 4.74 Å². The van der Waals surface area contributed by atoms with E-state index in [9.17, 15) is 22.7 Å². The predicted octanol–water partition coefficient (Wildman–Crippen LogP) is 6.21. The maximum atomic E-state index is 14.0. The molecule has 1 aromatic heterocycles. The van der Waals surface area contributed by atoms with Crippen LogP contribution in [0.15, 0.2) is 36.5 Å². The molecule has 0 spiro atoms. The Labute approximate surface area is 215 Å². The minimum atomic E-state index is -0.941. The van der Waals surface area contributed by atoms with Gasteiger partial charge in [-0.15, -0.1) is 0 Å². The summed E-state index contributed by atoms with van der Waals surface area (Å²) < 4.78 is 60.5. The lowest BCUT2D eigenvalue weighted by Crippen LogP contribution is -2.44. The van der Waals surface area contributed by atoms with Crippen LogP contribution in [0.3, 0.4) is 0 Å². The van der Waals surface area contributed by atoms with Crippen LogP contribution in [0.5, 0.6) is 5.75 Å². The number of benzene rings is 2. The summed E-state index contributed by atoms with van der Waals surface area (Å²) in [6, 6.07) is 6.96. The van der Waals surface area contributed by atoms with E-state index in [-0.39, 0.29) is 17.4 Å². The molecule has 1 atom stereocenters. The van der Waals surface area contributed by atoms with Gasteiger partial charge >= 0.3 is 0 Å². The van der Waals surface area contributed by atoms with Crippen LogP contribution >= 0.6 is 0 Å². The summed E-state index contributed by atoms with van der Waals surface area (Å²) in [5.74, 6) is -2.04. The van der Waals surface area contributed by atoms with Crippen molar-refractivity contribution >= 4 is 10.9 Å². The van der Waals surface area contributed by atoms with Crippen LogP contribution in [0.1, 0.15) is 55.2 Å². The molecule has 3 aromatic rings. The maximum Gasteiger partial charge on any atom is 0.132 e. The largest absolute Gasteiger partial charge is 0.497 e. The molecule has 0 aliphatic carbocycles. The number of methoxy groups -OCH3 is 1. The van der Waals surface area contributed by atoms with Gasteiger partial charge in [0, 0.05) is 34.8 Å². The van der Waals surface area contributed by atoms with E-state index < -0.39 is 30.2 Å². The first-order valence-electron chi connectivity index (χ1n) is 12.9. The smallest absolute Gasteiger partial charge is 0.132 e. The van der Waals surface area contributed by atoms with Gasteiger partial charge < -0.3 is 15.2 Å². The number of alkyl halides is 1. The highest BCUT2D eigenvalue weighted by atomic mass is 19.1. The first-order chi connectivity index (χ1) is 17.9. The molecular formula is C29H34F4N2O2. The molecule has 0 bridgehead atoms. The Hall–Kier alpha value is -2.71. The third-order valence-corrected chi connectivity index (χ3v) is 7.84. The average molecular weight is 519 g/mol. The van der Waals surface area contributed by atoms with Gasteiger partial charge in [-0.3, -0.25) is 4.98 Å². The molecule has 2 N–H and O–H groups in total. The number of fused-ring (bicyclic) bond motifs is 1. The van der Waals surface area contributed by atoms with Crippen LogP contribution in [-0.4, -0.2) is 36.4 Å². The number of aromatic nitrogens is 1. The molecule has 4 nitrogen and oxygen atoms in total. The lowest BCUT2D eigenvalue weighted by atomic mass is 9.69. The van der Waals surface area contributed by atoms with Crippen molar-refractivity contribution in [3.63, 3.8) is 0 Å². The van der Waals surface area contributed by atoms with Crippen molar-refractivity contribution in [2.75, 3.05) is 20.2 Å². The molecule has 1 unspecified atom stereocenters. The van der Waals surface area contributed by atoms with Crippen LogP contribution in [0.4, 0.5) is 17.6 Å². The van der Waals surface area contributed by atoms with Crippen molar-refractivity contribution in [2.24, 2.45) is 5.41 Å². The summed E-state index contributed by atoms with van der Waals surface area (Å²) in [6.45, 7) is 0.955. The fourth-order valence-corrected chi connectivity index (χ4v) is 5.69. The summed E-state index contributed by atoms with van der Waals surface area (Å²) in [4.78, 5) is 4.39. The number of aliphatic hydroxyl groups excluding tert-OH is 1. The Morgan fingerprint density at radius 3 is 2.41 bits per heavy atom. The SMILES string of the molecule is COc1ccc2ncc(CF)c(CCCC3(C(O)CCCc4c(F)cc(F)cc4F)CCNCC3)c2c1. The van der Waals surface area contributed by atoms with Crippen molar-refractivity contribution in [3.05, 3.63) is 70.7 Å². The lowest BCUT2D eigenvalue weighted by Gasteiger charge is -2.42. The second-order valence-corrected chi connectivity index (χ2v) is 10.0. The highest BCUT2D eigenvalue weighted by molar-refractivity contribution is 5.84. The highest BCUT2D eigenvalue weighted by Crippen LogP contribution is 2.40. The van der Waals surface area contributed by atoms with Crippen LogP contribution < -0.4 is 10.1 Å². The van der Waals surface area contributed by atoms with Gasteiger partial charge in [-0.1, -0.05) is 0 Å². The molecule has 0 radical (unpaired) electrons. The number of hydrogen-bond donors (Lipinski definition) is 2. The number of nitrogens with one attached hydrogen (secondary N) is 1. The number of halogens is 4.